The Morgan fingerprint density at radius 1 is 1.16 bits per heavy atom. The van der Waals surface area contributed by atoms with Gasteiger partial charge in [-0.15, -0.1) is 0 Å². The highest BCUT2D eigenvalue weighted by molar-refractivity contribution is 6.68. The monoisotopic (exact) mass is 353 g/mol. The van der Waals surface area contributed by atoms with E-state index in [4.69, 9.17) is 21.3 Å². The second-order valence-corrected chi connectivity index (χ2v) is 6.93. The molecule has 3 nitrogen and oxygen atoms in total. The fourth-order valence-electron chi connectivity index (χ4n) is 2.66. The predicted molar refractivity (Wildman–Crippen MR) is 102 cm³/mol. The Bertz CT molecular complexity index is 934. The summed E-state index contributed by atoms with van der Waals surface area (Å²) < 4.78 is 5.79. The van der Waals surface area contributed by atoms with Crippen LogP contribution in [0.2, 0.25) is 0 Å². The molecule has 0 aliphatic carbocycles. The third kappa shape index (κ3) is 3.99. The Kier molecular flexibility index (Phi) is 5.05. The average molecular weight is 354 g/mol. The molecule has 0 fully saturated rings. The van der Waals surface area contributed by atoms with Gasteiger partial charge in [0.25, 0.3) is 5.24 Å². The van der Waals surface area contributed by atoms with E-state index in [0.29, 0.717) is 23.8 Å². The van der Waals surface area contributed by atoms with Gasteiger partial charge in [-0.3, -0.25) is 4.79 Å². The molecular formula is C21H20ClNO2. The summed E-state index contributed by atoms with van der Waals surface area (Å²) in [5, 5.41) is 0.294. The van der Waals surface area contributed by atoms with Crippen molar-refractivity contribution >= 4 is 27.7 Å². The van der Waals surface area contributed by atoms with Crippen LogP contribution in [0, 0.1) is 12.8 Å². The fourth-order valence-corrected chi connectivity index (χ4v) is 2.81. The van der Waals surface area contributed by atoms with E-state index in [9.17, 15) is 4.79 Å². The Labute approximate surface area is 152 Å². The van der Waals surface area contributed by atoms with Crippen molar-refractivity contribution in [3.8, 4) is 17.0 Å². The molecule has 0 N–H and O–H groups in total. The summed E-state index contributed by atoms with van der Waals surface area (Å²) in [6.45, 7) is 6.84. The predicted octanol–water partition coefficient (Wildman–Crippen LogP) is 5.62. The van der Waals surface area contributed by atoms with Gasteiger partial charge in [0.15, 0.2) is 0 Å². The molecule has 0 amide bonds. The number of fused-ring (bicyclic) bond motifs is 1. The van der Waals surface area contributed by atoms with Crippen molar-refractivity contribution in [1.82, 2.24) is 4.98 Å². The van der Waals surface area contributed by atoms with Crippen molar-refractivity contribution in [2.24, 2.45) is 5.92 Å². The second kappa shape index (κ2) is 7.24. The summed E-state index contributed by atoms with van der Waals surface area (Å²) in [7, 11) is 0. The summed E-state index contributed by atoms with van der Waals surface area (Å²) in [6.07, 6.45) is 0. The maximum Gasteiger partial charge on any atom is 0.253 e. The van der Waals surface area contributed by atoms with E-state index in [1.165, 1.54) is 0 Å². The number of aryl methyl sites for hydroxylation is 1. The van der Waals surface area contributed by atoms with Crippen LogP contribution in [-0.2, 0) is 0 Å². The molecule has 0 spiro atoms. The first-order valence-electron chi connectivity index (χ1n) is 8.28. The molecule has 4 heteroatoms. The molecule has 0 radical (unpaired) electrons. The van der Waals surface area contributed by atoms with E-state index in [1.807, 2.05) is 49.4 Å². The van der Waals surface area contributed by atoms with Crippen LogP contribution >= 0.6 is 11.6 Å². The minimum atomic E-state index is -0.480. The summed E-state index contributed by atoms with van der Waals surface area (Å²) in [5.74, 6) is 1.24. The zero-order valence-corrected chi connectivity index (χ0v) is 15.3. The Morgan fingerprint density at radius 3 is 2.68 bits per heavy atom. The first-order chi connectivity index (χ1) is 11.9. The van der Waals surface area contributed by atoms with Crippen molar-refractivity contribution < 1.29 is 9.53 Å². The molecule has 0 aliphatic rings. The van der Waals surface area contributed by atoms with Gasteiger partial charge in [0.2, 0.25) is 0 Å². The number of nitrogens with zero attached hydrogens (tertiary/aromatic N) is 1. The van der Waals surface area contributed by atoms with Crippen LogP contribution in [0.15, 0.2) is 48.5 Å². The first kappa shape index (κ1) is 17.4. The average Bonchev–Trinajstić information content (AvgIpc) is 2.59. The molecule has 1 aromatic heterocycles. The van der Waals surface area contributed by atoms with Crippen LogP contribution in [0.3, 0.4) is 0 Å². The van der Waals surface area contributed by atoms with Crippen LogP contribution in [0.4, 0.5) is 0 Å². The highest BCUT2D eigenvalue weighted by Crippen LogP contribution is 2.28. The third-order valence-corrected chi connectivity index (χ3v) is 4.09. The molecule has 1 heterocycles. The van der Waals surface area contributed by atoms with Crippen molar-refractivity contribution in [1.29, 1.82) is 0 Å². The summed E-state index contributed by atoms with van der Waals surface area (Å²) in [4.78, 5) is 16.6. The van der Waals surface area contributed by atoms with Gasteiger partial charge in [0.1, 0.15) is 5.75 Å². The van der Waals surface area contributed by atoms with E-state index in [0.717, 1.165) is 27.8 Å². The van der Waals surface area contributed by atoms with Gasteiger partial charge in [0, 0.05) is 16.5 Å². The van der Waals surface area contributed by atoms with Gasteiger partial charge in [-0.1, -0.05) is 37.6 Å². The van der Waals surface area contributed by atoms with Crippen molar-refractivity contribution in [3.63, 3.8) is 0 Å². The number of halogens is 1. The molecule has 2 aromatic carbocycles. The Morgan fingerprint density at radius 2 is 1.96 bits per heavy atom. The smallest absolute Gasteiger partial charge is 0.253 e. The lowest BCUT2D eigenvalue weighted by Crippen LogP contribution is -2.04. The van der Waals surface area contributed by atoms with E-state index in [1.54, 1.807) is 6.07 Å². The minimum absolute atomic E-state index is 0.450. The van der Waals surface area contributed by atoms with E-state index >= 15 is 0 Å². The SMILES string of the molecule is Cc1ccc2nc(-c3cccc(OCC(C)C)c3)cc(C(=O)Cl)c2c1. The van der Waals surface area contributed by atoms with E-state index < -0.39 is 5.24 Å². The second-order valence-electron chi connectivity index (χ2n) is 6.58. The third-order valence-electron chi connectivity index (χ3n) is 3.89. The highest BCUT2D eigenvalue weighted by Gasteiger charge is 2.13. The number of ether oxygens (including phenoxy) is 1. The first-order valence-corrected chi connectivity index (χ1v) is 8.66. The molecule has 0 bridgehead atoms. The molecule has 0 saturated carbocycles. The lowest BCUT2D eigenvalue weighted by Gasteiger charge is -2.11. The molecule has 0 unspecified atom stereocenters. The largest absolute Gasteiger partial charge is 0.493 e. The Balaban J connectivity index is 2.08. The van der Waals surface area contributed by atoms with Gasteiger partial charge >= 0.3 is 0 Å². The topological polar surface area (TPSA) is 39.2 Å². The van der Waals surface area contributed by atoms with E-state index in [2.05, 4.69) is 13.8 Å². The molecule has 25 heavy (non-hydrogen) atoms. The number of hydrogen-bond donors (Lipinski definition) is 0. The molecular weight excluding hydrogens is 334 g/mol. The fraction of sp³-hybridized carbons (Fsp3) is 0.238. The van der Waals surface area contributed by atoms with Crippen LogP contribution in [0.5, 0.6) is 5.75 Å². The normalized spacial score (nSPS) is 11.1. The highest BCUT2D eigenvalue weighted by atomic mass is 35.5. The number of carbonyl (C=O) groups is 1. The van der Waals surface area contributed by atoms with Gasteiger partial charge in [-0.05, 0) is 54.8 Å². The van der Waals surface area contributed by atoms with Crippen molar-refractivity contribution in [2.75, 3.05) is 6.61 Å². The number of carbonyl (C=O) groups excluding carboxylic acids is 1. The number of benzene rings is 2. The van der Waals surface area contributed by atoms with Gasteiger partial charge in [-0.2, -0.15) is 0 Å². The van der Waals surface area contributed by atoms with Crippen LogP contribution in [0.25, 0.3) is 22.2 Å². The number of hydrogen-bond acceptors (Lipinski definition) is 3. The van der Waals surface area contributed by atoms with Crippen LogP contribution < -0.4 is 4.74 Å². The Hall–Kier alpha value is -2.39. The lowest BCUT2D eigenvalue weighted by molar-refractivity contribution is 0.108. The van der Waals surface area contributed by atoms with E-state index in [-0.39, 0.29) is 0 Å². The molecule has 0 atom stereocenters. The van der Waals surface area contributed by atoms with Gasteiger partial charge in [-0.25, -0.2) is 4.98 Å². The maximum atomic E-state index is 11.9. The molecule has 3 aromatic rings. The van der Waals surface area contributed by atoms with Crippen LogP contribution in [0.1, 0.15) is 29.8 Å². The summed E-state index contributed by atoms with van der Waals surface area (Å²) >= 11 is 5.82. The number of pyridine rings is 1. The standard InChI is InChI=1S/C21H20ClNO2/c1-13(2)12-25-16-6-4-5-15(10-16)20-11-18(21(22)24)17-9-14(3)7-8-19(17)23-20/h4-11,13H,12H2,1-3H3. The molecule has 3 rings (SSSR count). The van der Waals surface area contributed by atoms with Crippen molar-refractivity contribution in [2.45, 2.75) is 20.8 Å². The minimum Gasteiger partial charge on any atom is -0.493 e. The van der Waals surface area contributed by atoms with Crippen LogP contribution in [-0.4, -0.2) is 16.8 Å². The zero-order valence-electron chi connectivity index (χ0n) is 14.5. The molecule has 0 aliphatic heterocycles. The summed E-state index contributed by atoms with van der Waals surface area (Å²) in [5.41, 5.74) is 3.88. The van der Waals surface area contributed by atoms with Gasteiger partial charge in [0.05, 0.1) is 17.8 Å². The quantitative estimate of drug-likeness (QED) is 0.558. The zero-order chi connectivity index (χ0) is 18.0. The number of rotatable bonds is 5. The maximum absolute atomic E-state index is 11.9. The lowest BCUT2D eigenvalue weighted by atomic mass is 10.0. The number of aromatic nitrogens is 1. The molecule has 128 valence electrons. The van der Waals surface area contributed by atoms with Gasteiger partial charge < -0.3 is 4.74 Å². The molecule has 0 saturated heterocycles. The summed E-state index contributed by atoms with van der Waals surface area (Å²) in [6, 6.07) is 15.3. The van der Waals surface area contributed by atoms with Crippen molar-refractivity contribution in [3.05, 3.63) is 59.7 Å².